The third kappa shape index (κ3) is 25.3. The van der Waals surface area contributed by atoms with Gasteiger partial charge in [-0.05, 0) is 12.8 Å². The van der Waals surface area contributed by atoms with Gasteiger partial charge in [0.05, 0.1) is 19.6 Å². The van der Waals surface area contributed by atoms with Gasteiger partial charge >= 0.3 is 22.3 Å². The largest absolute Gasteiger partial charge is 0.466 e. The van der Waals surface area contributed by atoms with E-state index in [9.17, 15) is 31.0 Å². The predicted molar refractivity (Wildman–Crippen MR) is 165 cm³/mol. The molecular formula is C30H58O10S2. The van der Waals surface area contributed by atoms with E-state index in [-0.39, 0.29) is 13.2 Å². The summed E-state index contributed by atoms with van der Waals surface area (Å²) in [4.78, 5) is 24.3. The highest BCUT2D eigenvalue weighted by Crippen LogP contribution is 2.15. The normalized spacial score (nSPS) is 12.7. The number of carbonyl (C=O) groups excluding carboxylic acids is 2. The Balaban J connectivity index is 4.15. The molecule has 0 aliphatic carbocycles. The van der Waals surface area contributed by atoms with E-state index in [0.29, 0.717) is 12.8 Å². The fraction of sp³-hybridized carbons (Fsp3) is 0.933. The van der Waals surface area contributed by atoms with Crippen LogP contribution in [-0.4, -0.2) is 51.8 Å². The van der Waals surface area contributed by atoms with E-state index < -0.39 is 44.1 Å². The molecule has 1 N–H and O–H groups in total. The molecule has 0 bridgehead atoms. The van der Waals surface area contributed by atoms with Crippen molar-refractivity contribution in [1.82, 2.24) is 0 Å². The van der Waals surface area contributed by atoms with Crippen LogP contribution < -0.4 is 0 Å². The van der Waals surface area contributed by atoms with Crippen LogP contribution in [0, 0.1) is 0 Å². The van der Waals surface area contributed by atoms with Crippen LogP contribution in [0.1, 0.15) is 162 Å². The SMILES string of the molecule is CCCCCCCCCCCCCCOC(=O)CC(C(=O)OS(=O)(=O)OCCCCCCCCCCCC)S(=O)(=O)O. The van der Waals surface area contributed by atoms with E-state index in [4.69, 9.17) is 4.74 Å². The van der Waals surface area contributed by atoms with Gasteiger partial charge in [-0.2, -0.15) is 16.8 Å². The topological polar surface area (TPSA) is 150 Å². The molecule has 0 aromatic rings. The highest BCUT2D eigenvalue weighted by molar-refractivity contribution is 7.87. The van der Waals surface area contributed by atoms with Crippen LogP contribution in [-0.2, 0) is 43.2 Å². The Morgan fingerprint density at radius 2 is 0.929 bits per heavy atom. The molecule has 10 nitrogen and oxygen atoms in total. The number of esters is 1. The number of unbranched alkanes of at least 4 members (excludes halogenated alkanes) is 20. The first-order chi connectivity index (χ1) is 20.0. The van der Waals surface area contributed by atoms with Crippen LogP contribution in [0.2, 0.25) is 0 Å². The molecule has 0 aliphatic rings. The molecule has 42 heavy (non-hydrogen) atoms. The molecule has 0 rings (SSSR count). The zero-order chi connectivity index (χ0) is 31.5. The van der Waals surface area contributed by atoms with Gasteiger partial charge in [0.2, 0.25) is 0 Å². The average molecular weight is 643 g/mol. The summed E-state index contributed by atoms with van der Waals surface area (Å²) in [5.41, 5.74) is 0. The molecule has 0 aliphatic heterocycles. The van der Waals surface area contributed by atoms with Gasteiger partial charge in [0, 0.05) is 0 Å². The maximum absolute atomic E-state index is 12.2. The van der Waals surface area contributed by atoms with E-state index in [0.717, 1.165) is 51.4 Å². The van der Waals surface area contributed by atoms with Crippen molar-refractivity contribution in [2.24, 2.45) is 0 Å². The minimum absolute atomic E-state index is 0.0315. The molecule has 1 unspecified atom stereocenters. The summed E-state index contributed by atoms with van der Waals surface area (Å²) < 4.78 is 70.4. The van der Waals surface area contributed by atoms with Gasteiger partial charge in [-0.3, -0.25) is 9.35 Å². The molecule has 0 radical (unpaired) electrons. The monoisotopic (exact) mass is 642 g/mol. The van der Waals surface area contributed by atoms with Crippen LogP contribution in [0.4, 0.5) is 0 Å². The molecule has 0 spiro atoms. The molecule has 12 heteroatoms. The maximum atomic E-state index is 12.2. The number of carbonyl (C=O) groups is 2. The van der Waals surface area contributed by atoms with Crippen molar-refractivity contribution in [3.8, 4) is 0 Å². The third-order valence-corrected chi connectivity index (χ3v) is 9.05. The summed E-state index contributed by atoms with van der Waals surface area (Å²) in [7, 11) is -9.98. The summed E-state index contributed by atoms with van der Waals surface area (Å²) in [6, 6.07) is 0. The van der Waals surface area contributed by atoms with E-state index in [2.05, 4.69) is 22.2 Å². The Kier molecular flexibility index (Phi) is 25.4. The van der Waals surface area contributed by atoms with E-state index in [1.165, 1.54) is 77.0 Å². The first-order valence-corrected chi connectivity index (χ1v) is 19.1. The molecule has 0 saturated heterocycles. The second-order valence-electron chi connectivity index (χ2n) is 11.1. The Morgan fingerprint density at radius 1 is 0.571 bits per heavy atom. The second kappa shape index (κ2) is 26.2. The molecule has 0 amide bonds. The molecule has 0 saturated carbocycles. The van der Waals surface area contributed by atoms with Crippen molar-refractivity contribution in [1.29, 1.82) is 0 Å². The summed E-state index contributed by atoms with van der Waals surface area (Å²) in [6.45, 7) is 4.18. The molecule has 0 fully saturated rings. The minimum Gasteiger partial charge on any atom is -0.466 e. The highest BCUT2D eigenvalue weighted by Gasteiger charge is 2.38. The van der Waals surface area contributed by atoms with Gasteiger partial charge in [-0.1, -0.05) is 142 Å². The number of rotatable bonds is 30. The summed E-state index contributed by atoms with van der Waals surface area (Å²) in [6.07, 6.45) is 22.9. The highest BCUT2D eigenvalue weighted by atomic mass is 32.3. The molecule has 250 valence electrons. The first-order valence-electron chi connectivity index (χ1n) is 16.3. The van der Waals surface area contributed by atoms with Crippen molar-refractivity contribution in [3.05, 3.63) is 0 Å². The smallest absolute Gasteiger partial charge is 0.451 e. The minimum atomic E-state index is -5.13. The lowest BCUT2D eigenvalue weighted by molar-refractivity contribution is -0.147. The zero-order valence-electron chi connectivity index (χ0n) is 26.2. The lowest BCUT2D eigenvalue weighted by Crippen LogP contribution is -2.36. The Labute approximate surface area is 256 Å². The van der Waals surface area contributed by atoms with E-state index >= 15 is 0 Å². The molecule has 0 aromatic heterocycles. The quantitative estimate of drug-likeness (QED) is 0.0471. The van der Waals surface area contributed by atoms with E-state index in [1.807, 2.05) is 0 Å². The zero-order valence-corrected chi connectivity index (χ0v) is 27.8. The first kappa shape index (κ1) is 40.8. The van der Waals surface area contributed by atoms with Gasteiger partial charge in [0.1, 0.15) is 0 Å². The summed E-state index contributed by atoms with van der Waals surface area (Å²) in [5.74, 6) is -2.87. The van der Waals surface area contributed by atoms with Crippen LogP contribution in [0.15, 0.2) is 0 Å². The standard InChI is InChI=1S/C30H58O10S2/c1-3-5-7-9-11-13-15-16-17-19-21-23-25-38-29(31)27-28(41(33,34)35)30(32)40-42(36,37)39-26-24-22-20-18-14-12-10-8-6-4-2/h28H,3-27H2,1-2H3,(H,33,34,35). The van der Waals surface area contributed by atoms with Crippen molar-refractivity contribution in [2.45, 2.75) is 167 Å². The Morgan fingerprint density at radius 3 is 1.31 bits per heavy atom. The van der Waals surface area contributed by atoms with Crippen molar-refractivity contribution >= 4 is 32.5 Å². The lowest BCUT2D eigenvalue weighted by Gasteiger charge is -2.13. The molecular weight excluding hydrogens is 584 g/mol. The lowest BCUT2D eigenvalue weighted by atomic mass is 10.1. The number of hydrogen-bond donors (Lipinski definition) is 1. The Hall–Kier alpha value is -1.24. The van der Waals surface area contributed by atoms with Crippen LogP contribution in [0.5, 0.6) is 0 Å². The van der Waals surface area contributed by atoms with Crippen LogP contribution in [0.25, 0.3) is 0 Å². The third-order valence-electron chi connectivity index (χ3n) is 7.15. The van der Waals surface area contributed by atoms with Gasteiger partial charge in [0.25, 0.3) is 10.1 Å². The summed E-state index contributed by atoms with van der Waals surface area (Å²) in [5, 5.41) is -2.43. The molecule has 0 aromatic carbocycles. The van der Waals surface area contributed by atoms with Gasteiger partial charge in [-0.25, -0.2) is 8.98 Å². The van der Waals surface area contributed by atoms with Crippen LogP contribution >= 0.6 is 0 Å². The predicted octanol–water partition coefficient (Wildman–Crippen LogP) is 7.60. The number of hydrogen-bond acceptors (Lipinski definition) is 9. The number of ether oxygens (including phenoxy) is 1. The van der Waals surface area contributed by atoms with Crippen molar-refractivity contribution in [3.63, 3.8) is 0 Å². The molecule has 1 atom stereocenters. The van der Waals surface area contributed by atoms with Crippen molar-refractivity contribution in [2.75, 3.05) is 13.2 Å². The van der Waals surface area contributed by atoms with Crippen molar-refractivity contribution < 1.29 is 44.1 Å². The fourth-order valence-electron chi connectivity index (χ4n) is 4.58. The van der Waals surface area contributed by atoms with Gasteiger partial charge in [0.15, 0.2) is 5.25 Å². The van der Waals surface area contributed by atoms with Crippen LogP contribution in [0.3, 0.4) is 0 Å². The maximum Gasteiger partial charge on any atom is 0.451 e. The van der Waals surface area contributed by atoms with Gasteiger partial charge in [-0.15, -0.1) is 0 Å². The average Bonchev–Trinajstić information content (AvgIpc) is 2.92. The van der Waals surface area contributed by atoms with Gasteiger partial charge < -0.3 is 8.92 Å². The van der Waals surface area contributed by atoms with E-state index in [1.54, 1.807) is 0 Å². The second-order valence-corrected chi connectivity index (χ2v) is 13.9. The molecule has 0 heterocycles. The summed E-state index contributed by atoms with van der Waals surface area (Å²) >= 11 is 0. The fourth-order valence-corrected chi connectivity index (χ4v) is 5.96. The Bertz CT molecular complexity index is 888.